The van der Waals surface area contributed by atoms with Gasteiger partial charge in [-0.05, 0) is 35.9 Å². The lowest BCUT2D eigenvalue weighted by Gasteiger charge is -2.12. The molecule has 0 aliphatic carbocycles. The third-order valence-electron chi connectivity index (χ3n) is 4.08. The molecule has 1 heterocycles. The average Bonchev–Trinajstić information content (AvgIpc) is 3.25. The van der Waals surface area contributed by atoms with E-state index in [9.17, 15) is 4.79 Å². The van der Waals surface area contributed by atoms with Gasteiger partial charge in [0.25, 0.3) is 5.89 Å². The Morgan fingerprint density at radius 3 is 2.35 bits per heavy atom. The predicted molar refractivity (Wildman–Crippen MR) is 115 cm³/mol. The number of ether oxygens (including phenoxy) is 4. The van der Waals surface area contributed by atoms with E-state index in [2.05, 4.69) is 10.2 Å². The van der Waals surface area contributed by atoms with Crippen LogP contribution in [0.4, 0.5) is 0 Å². The Morgan fingerprint density at radius 2 is 1.74 bits per heavy atom. The maximum Gasteiger partial charge on any atom is 0.331 e. The molecule has 0 saturated carbocycles. The number of rotatable bonds is 8. The molecule has 3 aromatic rings. The Morgan fingerprint density at radius 1 is 1.03 bits per heavy atom. The highest BCUT2D eigenvalue weighted by atomic mass is 35.5. The van der Waals surface area contributed by atoms with Gasteiger partial charge >= 0.3 is 5.97 Å². The molecule has 8 nitrogen and oxygen atoms in total. The minimum absolute atomic E-state index is 0.120. The lowest BCUT2D eigenvalue weighted by Crippen LogP contribution is -2.01. The van der Waals surface area contributed by atoms with E-state index >= 15 is 0 Å². The summed E-state index contributed by atoms with van der Waals surface area (Å²) in [6, 6.07) is 8.28. The average molecular weight is 465 g/mol. The van der Waals surface area contributed by atoms with Crippen LogP contribution in [0.2, 0.25) is 10.0 Å². The molecule has 3 rings (SSSR count). The zero-order chi connectivity index (χ0) is 22.4. The van der Waals surface area contributed by atoms with E-state index in [0.717, 1.165) is 0 Å². The van der Waals surface area contributed by atoms with Gasteiger partial charge in [-0.2, -0.15) is 0 Å². The molecular formula is C21H18Cl2N2O6. The van der Waals surface area contributed by atoms with Crippen molar-refractivity contribution in [3.8, 4) is 28.7 Å². The standard InChI is InChI=1S/C21H18Cl2N2O6/c1-27-16-8-13(9-17(28-2)20(16)29-3)21-25-24-18(31-21)11-30-19(26)7-5-12-4-6-14(22)10-15(12)23/h4-10H,11H2,1-3H3/b7-5+. The minimum Gasteiger partial charge on any atom is -0.493 e. The van der Waals surface area contributed by atoms with Crippen molar-refractivity contribution >= 4 is 35.2 Å². The van der Waals surface area contributed by atoms with Gasteiger partial charge in [0.1, 0.15) is 0 Å². The van der Waals surface area contributed by atoms with Crippen LogP contribution in [0.1, 0.15) is 11.5 Å². The van der Waals surface area contributed by atoms with Crippen molar-refractivity contribution in [2.75, 3.05) is 21.3 Å². The first-order chi connectivity index (χ1) is 14.9. The van der Waals surface area contributed by atoms with Gasteiger partial charge in [-0.3, -0.25) is 0 Å². The lowest BCUT2D eigenvalue weighted by atomic mass is 10.2. The van der Waals surface area contributed by atoms with E-state index in [0.29, 0.717) is 38.4 Å². The fourth-order valence-corrected chi connectivity index (χ4v) is 3.08. The van der Waals surface area contributed by atoms with Crippen molar-refractivity contribution < 1.29 is 28.2 Å². The van der Waals surface area contributed by atoms with E-state index in [1.54, 1.807) is 30.3 Å². The number of benzene rings is 2. The Balaban J connectivity index is 1.67. The fourth-order valence-electron chi connectivity index (χ4n) is 2.61. The predicted octanol–water partition coefficient (Wildman–Crippen LogP) is 4.83. The molecule has 10 heteroatoms. The second kappa shape index (κ2) is 10.2. The minimum atomic E-state index is -0.599. The van der Waals surface area contributed by atoms with Crippen molar-refractivity contribution in [2.45, 2.75) is 6.61 Å². The van der Waals surface area contributed by atoms with E-state index in [4.69, 9.17) is 46.6 Å². The first-order valence-electron chi connectivity index (χ1n) is 8.87. The molecule has 31 heavy (non-hydrogen) atoms. The largest absolute Gasteiger partial charge is 0.493 e. The van der Waals surface area contributed by atoms with Crippen LogP contribution in [0.5, 0.6) is 17.2 Å². The number of nitrogens with zero attached hydrogens (tertiary/aromatic N) is 2. The molecule has 162 valence electrons. The number of esters is 1. The first kappa shape index (κ1) is 22.5. The van der Waals surface area contributed by atoms with Crippen LogP contribution in [-0.2, 0) is 16.1 Å². The van der Waals surface area contributed by atoms with Gasteiger partial charge < -0.3 is 23.4 Å². The third-order valence-corrected chi connectivity index (χ3v) is 4.64. The molecule has 0 aliphatic rings. The summed E-state index contributed by atoms with van der Waals surface area (Å²) in [6.45, 7) is -0.199. The summed E-state index contributed by atoms with van der Waals surface area (Å²) in [5.74, 6) is 1.04. The molecule has 0 saturated heterocycles. The van der Waals surface area contributed by atoms with Gasteiger partial charge in [-0.15, -0.1) is 10.2 Å². The van der Waals surface area contributed by atoms with Crippen molar-refractivity contribution in [1.82, 2.24) is 10.2 Å². The van der Waals surface area contributed by atoms with Crippen LogP contribution in [0, 0.1) is 0 Å². The number of hydrogen-bond acceptors (Lipinski definition) is 8. The summed E-state index contributed by atoms with van der Waals surface area (Å²) >= 11 is 11.9. The molecule has 0 radical (unpaired) electrons. The van der Waals surface area contributed by atoms with E-state index in [1.807, 2.05) is 0 Å². The summed E-state index contributed by atoms with van der Waals surface area (Å²) in [4.78, 5) is 12.0. The molecule has 0 N–H and O–H groups in total. The summed E-state index contributed by atoms with van der Waals surface area (Å²) in [7, 11) is 4.52. The molecule has 0 fully saturated rings. The molecule has 0 spiro atoms. The fraction of sp³-hybridized carbons (Fsp3) is 0.190. The quantitative estimate of drug-likeness (QED) is 0.345. The van der Waals surface area contributed by atoms with Crippen LogP contribution in [-0.4, -0.2) is 37.5 Å². The molecule has 0 bridgehead atoms. The number of aromatic nitrogens is 2. The van der Waals surface area contributed by atoms with Crippen LogP contribution < -0.4 is 14.2 Å². The topological polar surface area (TPSA) is 92.9 Å². The molecular weight excluding hydrogens is 447 g/mol. The Labute approximate surface area is 188 Å². The monoisotopic (exact) mass is 464 g/mol. The third kappa shape index (κ3) is 5.48. The molecule has 0 unspecified atom stereocenters. The van der Waals surface area contributed by atoms with Gasteiger partial charge in [0.15, 0.2) is 18.1 Å². The Bertz CT molecular complexity index is 1090. The maximum absolute atomic E-state index is 12.0. The Hall–Kier alpha value is -3.23. The molecule has 0 aliphatic heterocycles. The van der Waals surface area contributed by atoms with Gasteiger partial charge in [-0.25, -0.2) is 4.79 Å². The normalized spacial score (nSPS) is 10.9. The van der Waals surface area contributed by atoms with E-state index < -0.39 is 5.97 Å². The molecule has 2 aromatic carbocycles. The Kier molecular flexibility index (Phi) is 7.38. The second-order valence-corrected chi connectivity index (χ2v) is 6.87. The summed E-state index contributed by atoms with van der Waals surface area (Å²) in [5, 5.41) is 8.79. The van der Waals surface area contributed by atoms with Crippen molar-refractivity contribution in [3.05, 3.63) is 57.9 Å². The highest BCUT2D eigenvalue weighted by Crippen LogP contribution is 2.40. The number of carbonyl (C=O) groups excluding carboxylic acids is 1. The smallest absolute Gasteiger partial charge is 0.331 e. The SMILES string of the molecule is COc1cc(-c2nnc(COC(=O)/C=C/c3ccc(Cl)cc3Cl)o2)cc(OC)c1OC. The van der Waals surface area contributed by atoms with Gasteiger partial charge in [-0.1, -0.05) is 29.3 Å². The van der Waals surface area contributed by atoms with E-state index in [-0.39, 0.29) is 18.4 Å². The highest BCUT2D eigenvalue weighted by molar-refractivity contribution is 6.35. The number of methoxy groups -OCH3 is 3. The van der Waals surface area contributed by atoms with Crippen LogP contribution in [0.25, 0.3) is 17.5 Å². The summed E-state index contributed by atoms with van der Waals surface area (Å²) in [5.41, 5.74) is 1.18. The van der Waals surface area contributed by atoms with Gasteiger partial charge in [0.05, 0.1) is 21.3 Å². The van der Waals surface area contributed by atoms with Crippen LogP contribution in [0.3, 0.4) is 0 Å². The molecule has 1 aromatic heterocycles. The van der Waals surface area contributed by atoms with Crippen LogP contribution in [0.15, 0.2) is 40.8 Å². The summed E-state index contributed by atoms with van der Waals surface area (Å²) < 4.78 is 26.6. The van der Waals surface area contributed by atoms with Gasteiger partial charge in [0, 0.05) is 21.7 Å². The van der Waals surface area contributed by atoms with E-state index in [1.165, 1.54) is 33.5 Å². The number of hydrogen-bond donors (Lipinski definition) is 0. The zero-order valence-corrected chi connectivity index (χ0v) is 18.4. The zero-order valence-electron chi connectivity index (χ0n) is 16.8. The second-order valence-electron chi connectivity index (χ2n) is 6.02. The number of carbonyl (C=O) groups is 1. The van der Waals surface area contributed by atoms with Crippen molar-refractivity contribution in [1.29, 1.82) is 0 Å². The van der Waals surface area contributed by atoms with Gasteiger partial charge in [0.2, 0.25) is 11.6 Å². The summed E-state index contributed by atoms with van der Waals surface area (Å²) in [6.07, 6.45) is 2.77. The highest BCUT2D eigenvalue weighted by Gasteiger charge is 2.18. The molecule has 0 atom stereocenters. The van der Waals surface area contributed by atoms with Crippen molar-refractivity contribution in [3.63, 3.8) is 0 Å². The van der Waals surface area contributed by atoms with Crippen LogP contribution >= 0.6 is 23.2 Å². The first-order valence-corrected chi connectivity index (χ1v) is 9.63. The van der Waals surface area contributed by atoms with Crippen molar-refractivity contribution in [2.24, 2.45) is 0 Å². The number of halogens is 2. The maximum atomic E-state index is 12.0. The molecule has 0 amide bonds. The lowest BCUT2D eigenvalue weighted by molar-refractivity contribution is -0.139.